The first-order chi connectivity index (χ1) is 8.83. The van der Waals surface area contributed by atoms with Gasteiger partial charge < -0.3 is 5.11 Å². The van der Waals surface area contributed by atoms with Crippen LogP contribution in [0, 0.1) is 0 Å². The first-order valence-corrected chi connectivity index (χ1v) is 6.66. The van der Waals surface area contributed by atoms with Gasteiger partial charge in [-0.15, -0.1) is 0 Å². The van der Waals surface area contributed by atoms with Crippen molar-refractivity contribution in [3.63, 3.8) is 0 Å². The average molecular weight is 238 g/mol. The van der Waals surface area contributed by atoms with Crippen LogP contribution in [-0.4, -0.2) is 5.11 Å². The van der Waals surface area contributed by atoms with E-state index in [2.05, 4.69) is 42.5 Å². The second-order valence-electron chi connectivity index (χ2n) is 5.10. The molecule has 1 aliphatic carbocycles. The molecule has 92 valence electrons. The van der Waals surface area contributed by atoms with Crippen molar-refractivity contribution in [1.82, 2.24) is 0 Å². The lowest BCUT2D eigenvalue weighted by molar-refractivity contribution is 0.156. The molecule has 2 aromatic carbocycles. The summed E-state index contributed by atoms with van der Waals surface area (Å²) in [4.78, 5) is 0. The highest BCUT2D eigenvalue weighted by atomic mass is 16.3. The molecule has 0 fully saturated rings. The maximum atomic E-state index is 10.1. The third-order valence-electron chi connectivity index (χ3n) is 3.74. The Morgan fingerprint density at radius 3 is 2.67 bits per heavy atom. The highest BCUT2D eigenvalue weighted by Crippen LogP contribution is 2.30. The van der Waals surface area contributed by atoms with E-state index >= 15 is 0 Å². The zero-order valence-corrected chi connectivity index (χ0v) is 10.5. The molecule has 0 heterocycles. The van der Waals surface area contributed by atoms with Crippen molar-refractivity contribution in [1.29, 1.82) is 0 Å². The van der Waals surface area contributed by atoms with Crippen LogP contribution in [0.15, 0.2) is 48.5 Å². The lowest BCUT2D eigenvalue weighted by atomic mass is 9.87. The highest BCUT2D eigenvalue weighted by molar-refractivity contribution is 5.37. The van der Waals surface area contributed by atoms with Crippen molar-refractivity contribution in [3.8, 4) is 0 Å². The molecular weight excluding hydrogens is 220 g/mol. The van der Waals surface area contributed by atoms with Crippen LogP contribution in [0.2, 0.25) is 0 Å². The van der Waals surface area contributed by atoms with Crippen molar-refractivity contribution in [3.05, 3.63) is 70.8 Å². The summed E-state index contributed by atoms with van der Waals surface area (Å²) < 4.78 is 0. The average Bonchev–Trinajstić information content (AvgIpc) is 2.41. The number of rotatable bonds is 2. The minimum Gasteiger partial charge on any atom is -0.388 e. The van der Waals surface area contributed by atoms with Gasteiger partial charge in [0.25, 0.3) is 0 Å². The van der Waals surface area contributed by atoms with Crippen LogP contribution in [0.4, 0.5) is 0 Å². The van der Waals surface area contributed by atoms with Gasteiger partial charge in [0.15, 0.2) is 0 Å². The Morgan fingerprint density at radius 1 is 1.00 bits per heavy atom. The second kappa shape index (κ2) is 4.95. The van der Waals surface area contributed by atoms with Crippen molar-refractivity contribution in [2.75, 3.05) is 0 Å². The van der Waals surface area contributed by atoms with Crippen molar-refractivity contribution >= 4 is 0 Å². The first-order valence-electron chi connectivity index (χ1n) is 6.66. The van der Waals surface area contributed by atoms with Gasteiger partial charge in [-0.1, -0.05) is 48.5 Å². The predicted molar refractivity (Wildman–Crippen MR) is 73.6 cm³/mol. The Bertz CT molecular complexity index is 531. The maximum absolute atomic E-state index is 10.1. The Hall–Kier alpha value is -1.60. The zero-order valence-electron chi connectivity index (χ0n) is 10.5. The summed E-state index contributed by atoms with van der Waals surface area (Å²) in [5, 5.41) is 10.1. The number of hydrogen-bond acceptors (Lipinski definition) is 1. The van der Waals surface area contributed by atoms with E-state index in [0.717, 1.165) is 31.2 Å². The summed E-state index contributed by atoms with van der Waals surface area (Å²) in [6.45, 7) is 0. The molecule has 0 aromatic heterocycles. The Balaban J connectivity index is 1.88. The number of aryl methyl sites for hydroxylation is 1. The Labute approximate surface area is 108 Å². The van der Waals surface area contributed by atoms with E-state index in [9.17, 15) is 5.11 Å². The van der Waals surface area contributed by atoms with Crippen molar-refractivity contribution in [2.24, 2.45) is 0 Å². The minimum absolute atomic E-state index is 0.260. The van der Waals surface area contributed by atoms with Gasteiger partial charge in [-0.3, -0.25) is 0 Å². The molecule has 2 aromatic rings. The van der Waals surface area contributed by atoms with E-state index in [1.54, 1.807) is 0 Å². The molecule has 1 nitrogen and oxygen atoms in total. The quantitative estimate of drug-likeness (QED) is 0.846. The topological polar surface area (TPSA) is 20.2 Å². The van der Waals surface area contributed by atoms with Gasteiger partial charge in [0.2, 0.25) is 0 Å². The van der Waals surface area contributed by atoms with Crippen LogP contribution >= 0.6 is 0 Å². The summed E-state index contributed by atoms with van der Waals surface area (Å²) in [6.07, 6.45) is 3.80. The molecule has 18 heavy (non-hydrogen) atoms. The van der Waals surface area contributed by atoms with Crippen LogP contribution in [0.5, 0.6) is 0 Å². The normalized spacial score (nSPS) is 18.4. The SMILES string of the molecule is OC1CCCc2ccc(Cc3ccccc3)cc21. The number of fused-ring (bicyclic) bond motifs is 1. The van der Waals surface area contributed by atoms with Crippen LogP contribution in [-0.2, 0) is 12.8 Å². The summed E-state index contributed by atoms with van der Waals surface area (Å²) in [5.41, 5.74) is 5.09. The van der Waals surface area contributed by atoms with E-state index in [1.807, 2.05) is 6.07 Å². The monoisotopic (exact) mass is 238 g/mol. The van der Waals surface area contributed by atoms with Crippen LogP contribution < -0.4 is 0 Å². The summed E-state index contributed by atoms with van der Waals surface area (Å²) in [7, 11) is 0. The molecule has 0 saturated heterocycles. The van der Waals surface area contributed by atoms with Gasteiger partial charge in [0.05, 0.1) is 6.10 Å². The molecule has 0 spiro atoms. The van der Waals surface area contributed by atoms with Crippen LogP contribution in [0.1, 0.15) is 41.2 Å². The third kappa shape index (κ3) is 2.32. The third-order valence-corrected chi connectivity index (χ3v) is 3.74. The Morgan fingerprint density at radius 2 is 1.83 bits per heavy atom. The molecule has 1 unspecified atom stereocenters. The lowest BCUT2D eigenvalue weighted by Gasteiger charge is -2.22. The molecule has 1 N–H and O–H groups in total. The number of aliphatic hydroxyl groups is 1. The van der Waals surface area contributed by atoms with Crippen molar-refractivity contribution in [2.45, 2.75) is 31.8 Å². The molecule has 0 aliphatic heterocycles. The van der Waals surface area contributed by atoms with Gasteiger partial charge in [-0.25, -0.2) is 0 Å². The molecule has 0 bridgehead atoms. The van der Waals surface area contributed by atoms with Gasteiger partial charge in [0.1, 0.15) is 0 Å². The molecule has 0 radical (unpaired) electrons. The molecule has 1 atom stereocenters. The molecule has 1 heteroatoms. The van der Waals surface area contributed by atoms with E-state index in [4.69, 9.17) is 0 Å². The van der Waals surface area contributed by atoms with E-state index in [-0.39, 0.29) is 6.10 Å². The highest BCUT2D eigenvalue weighted by Gasteiger charge is 2.17. The first kappa shape index (κ1) is 11.5. The molecule has 0 amide bonds. The number of aliphatic hydroxyl groups excluding tert-OH is 1. The van der Waals surface area contributed by atoms with Crippen LogP contribution in [0.3, 0.4) is 0 Å². The molecule has 0 saturated carbocycles. The fourth-order valence-electron chi connectivity index (χ4n) is 2.77. The zero-order chi connectivity index (χ0) is 12.4. The predicted octanol–water partition coefficient (Wildman–Crippen LogP) is 3.65. The molecule has 3 rings (SSSR count). The van der Waals surface area contributed by atoms with Gasteiger partial charge in [0, 0.05) is 0 Å². The summed E-state index contributed by atoms with van der Waals surface area (Å²) in [6, 6.07) is 17.1. The fourth-order valence-corrected chi connectivity index (χ4v) is 2.77. The lowest BCUT2D eigenvalue weighted by Crippen LogP contribution is -2.09. The molecular formula is C17H18O. The number of hydrogen-bond donors (Lipinski definition) is 1. The fraction of sp³-hybridized carbons (Fsp3) is 0.294. The number of benzene rings is 2. The minimum atomic E-state index is -0.260. The van der Waals surface area contributed by atoms with E-state index in [1.165, 1.54) is 16.7 Å². The Kier molecular flexibility index (Phi) is 3.16. The van der Waals surface area contributed by atoms with Crippen molar-refractivity contribution < 1.29 is 5.11 Å². The summed E-state index contributed by atoms with van der Waals surface area (Å²) in [5.74, 6) is 0. The van der Waals surface area contributed by atoms with Crippen LogP contribution in [0.25, 0.3) is 0 Å². The standard InChI is InChI=1S/C17H18O/c18-17-8-4-7-15-10-9-14(12-16(15)17)11-13-5-2-1-3-6-13/h1-3,5-6,9-10,12,17-18H,4,7-8,11H2. The van der Waals surface area contributed by atoms with E-state index in [0.29, 0.717) is 0 Å². The largest absolute Gasteiger partial charge is 0.388 e. The van der Waals surface area contributed by atoms with Gasteiger partial charge in [-0.2, -0.15) is 0 Å². The second-order valence-corrected chi connectivity index (χ2v) is 5.10. The smallest absolute Gasteiger partial charge is 0.0792 e. The van der Waals surface area contributed by atoms with E-state index < -0.39 is 0 Å². The van der Waals surface area contributed by atoms with Gasteiger partial charge >= 0.3 is 0 Å². The van der Waals surface area contributed by atoms with Gasteiger partial charge in [-0.05, 0) is 47.9 Å². The molecule has 1 aliphatic rings. The summed E-state index contributed by atoms with van der Waals surface area (Å²) >= 11 is 0. The maximum Gasteiger partial charge on any atom is 0.0792 e.